The van der Waals surface area contributed by atoms with E-state index in [1.54, 1.807) is 0 Å². The number of carbonyl (C=O) groups is 1. The molecule has 0 saturated heterocycles. The van der Waals surface area contributed by atoms with Crippen LogP contribution < -0.4 is 0 Å². The minimum absolute atomic E-state index is 0.111. The summed E-state index contributed by atoms with van der Waals surface area (Å²) in [6, 6.07) is 5.71. The highest BCUT2D eigenvalue weighted by Crippen LogP contribution is 2.52. The molecule has 0 radical (unpaired) electrons. The molecule has 1 aromatic rings. The molecular formula is C12H13ClO2. The number of hydrogen-bond donors (Lipinski definition) is 1. The van der Waals surface area contributed by atoms with E-state index in [-0.39, 0.29) is 11.8 Å². The average molecular weight is 225 g/mol. The van der Waals surface area contributed by atoms with Gasteiger partial charge in [0.2, 0.25) is 0 Å². The zero-order chi connectivity index (χ0) is 11.1. The van der Waals surface area contributed by atoms with Crippen LogP contribution in [0.15, 0.2) is 18.2 Å². The Hall–Kier alpha value is -1.02. The van der Waals surface area contributed by atoms with E-state index in [0.717, 1.165) is 24.0 Å². The summed E-state index contributed by atoms with van der Waals surface area (Å²) in [7, 11) is 0. The van der Waals surface area contributed by atoms with E-state index in [0.29, 0.717) is 5.02 Å². The minimum atomic E-state index is -0.721. The molecular weight excluding hydrogens is 212 g/mol. The van der Waals surface area contributed by atoms with Gasteiger partial charge < -0.3 is 5.11 Å². The highest BCUT2D eigenvalue weighted by Gasteiger charge is 2.46. The molecule has 1 N–H and O–H groups in total. The molecule has 3 heteroatoms. The van der Waals surface area contributed by atoms with Gasteiger partial charge in [-0.05, 0) is 43.0 Å². The lowest BCUT2D eigenvalue weighted by Crippen LogP contribution is -2.14. The van der Waals surface area contributed by atoms with Gasteiger partial charge in [0.1, 0.15) is 0 Å². The Morgan fingerprint density at radius 2 is 2.20 bits per heavy atom. The maximum absolute atomic E-state index is 10.8. The van der Waals surface area contributed by atoms with E-state index < -0.39 is 5.97 Å². The summed E-state index contributed by atoms with van der Waals surface area (Å²) in [6.07, 6.45) is 2.18. The first-order valence-electron chi connectivity index (χ1n) is 5.02. The van der Waals surface area contributed by atoms with E-state index in [1.807, 2.05) is 25.1 Å². The molecule has 0 bridgehead atoms. The van der Waals surface area contributed by atoms with E-state index in [9.17, 15) is 4.79 Å². The van der Waals surface area contributed by atoms with Crippen molar-refractivity contribution in [1.82, 2.24) is 0 Å². The Kier molecular flexibility index (Phi) is 2.47. The minimum Gasteiger partial charge on any atom is -0.481 e. The van der Waals surface area contributed by atoms with Gasteiger partial charge in [-0.25, -0.2) is 0 Å². The second-order valence-corrected chi connectivity index (χ2v) is 4.75. The molecule has 80 valence electrons. The van der Waals surface area contributed by atoms with Crippen molar-refractivity contribution < 1.29 is 9.90 Å². The number of carboxylic acids is 1. The molecule has 1 aromatic carbocycles. The first-order chi connectivity index (χ1) is 7.03. The molecule has 0 atom stereocenters. The van der Waals surface area contributed by atoms with Gasteiger partial charge in [-0.2, -0.15) is 0 Å². The van der Waals surface area contributed by atoms with Crippen LogP contribution in [0.3, 0.4) is 0 Å². The largest absolute Gasteiger partial charge is 0.481 e. The fraction of sp³-hybridized carbons (Fsp3) is 0.417. The molecule has 0 spiro atoms. The summed E-state index contributed by atoms with van der Waals surface area (Å²) in [4.78, 5) is 10.8. The zero-order valence-corrected chi connectivity index (χ0v) is 9.34. The van der Waals surface area contributed by atoms with Crippen molar-refractivity contribution in [2.75, 3.05) is 0 Å². The number of rotatable bonds is 3. The molecule has 0 aliphatic heterocycles. The lowest BCUT2D eigenvalue weighted by atomic mass is 9.89. The predicted molar refractivity (Wildman–Crippen MR) is 59.4 cm³/mol. The molecule has 2 nitrogen and oxygen atoms in total. The Balaban J connectivity index is 2.33. The first kappa shape index (κ1) is 10.5. The van der Waals surface area contributed by atoms with Crippen LogP contribution in [0.4, 0.5) is 0 Å². The highest BCUT2D eigenvalue weighted by atomic mass is 35.5. The number of aryl methyl sites for hydroxylation is 1. The lowest BCUT2D eigenvalue weighted by molar-refractivity contribution is -0.137. The van der Waals surface area contributed by atoms with Gasteiger partial charge in [0.25, 0.3) is 0 Å². The maximum Gasteiger partial charge on any atom is 0.304 e. The normalized spacial score (nSPS) is 17.5. The van der Waals surface area contributed by atoms with Crippen LogP contribution in [0.2, 0.25) is 5.02 Å². The van der Waals surface area contributed by atoms with Gasteiger partial charge in [-0.1, -0.05) is 17.7 Å². The predicted octanol–water partition coefficient (Wildman–Crippen LogP) is 3.15. The molecule has 2 rings (SSSR count). The monoisotopic (exact) mass is 224 g/mol. The third kappa shape index (κ3) is 2.00. The standard InChI is InChI=1S/C12H13ClO2/c1-8-6-9(13)2-3-10(8)12(4-5-12)7-11(14)15/h2-3,6H,4-5,7H2,1H3,(H,14,15). The zero-order valence-electron chi connectivity index (χ0n) is 8.59. The number of halogens is 1. The van der Waals surface area contributed by atoms with Crippen LogP contribution in [-0.4, -0.2) is 11.1 Å². The van der Waals surface area contributed by atoms with Crippen LogP contribution in [-0.2, 0) is 10.2 Å². The second-order valence-electron chi connectivity index (χ2n) is 4.31. The van der Waals surface area contributed by atoms with Gasteiger partial charge in [0.05, 0.1) is 6.42 Å². The quantitative estimate of drug-likeness (QED) is 0.857. The van der Waals surface area contributed by atoms with Gasteiger partial charge >= 0.3 is 5.97 Å². The van der Waals surface area contributed by atoms with Gasteiger partial charge in [0, 0.05) is 10.4 Å². The van der Waals surface area contributed by atoms with E-state index >= 15 is 0 Å². The van der Waals surface area contributed by atoms with Crippen LogP contribution in [0.25, 0.3) is 0 Å². The van der Waals surface area contributed by atoms with Crippen molar-refractivity contribution in [3.05, 3.63) is 34.3 Å². The van der Waals surface area contributed by atoms with Crippen molar-refractivity contribution in [3.63, 3.8) is 0 Å². The van der Waals surface area contributed by atoms with Gasteiger partial charge in [0.15, 0.2) is 0 Å². The summed E-state index contributed by atoms with van der Waals surface area (Å²) in [5.74, 6) is -0.721. The molecule has 1 aliphatic carbocycles. The van der Waals surface area contributed by atoms with Crippen molar-refractivity contribution in [3.8, 4) is 0 Å². The fourth-order valence-corrected chi connectivity index (χ4v) is 2.43. The number of hydrogen-bond acceptors (Lipinski definition) is 1. The van der Waals surface area contributed by atoms with Crippen LogP contribution in [0.5, 0.6) is 0 Å². The summed E-state index contributed by atoms with van der Waals surface area (Å²) in [5, 5.41) is 9.58. The van der Waals surface area contributed by atoms with Gasteiger partial charge in [-0.15, -0.1) is 0 Å². The summed E-state index contributed by atoms with van der Waals surface area (Å²) >= 11 is 5.88. The SMILES string of the molecule is Cc1cc(Cl)ccc1C1(CC(=O)O)CC1. The third-order valence-electron chi connectivity index (χ3n) is 3.10. The highest BCUT2D eigenvalue weighted by molar-refractivity contribution is 6.30. The molecule has 1 saturated carbocycles. The van der Waals surface area contributed by atoms with Crippen LogP contribution in [0, 0.1) is 6.92 Å². The number of benzene rings is 1. The fourth-order valence-electron chi connectivity index (χ4n) is 2.20. The van der Waals surface area contributed by atoms with Crippen molar-refractivity contribution >= 4 is 17.6 Å². The Bertz CT molecular complexity index is 408. The van der Waals surface area contributed by atoms with E-state index in [4.69, 9.17) is 16.7 Å². The van der Waals surface area contributed by atoms with Crippen LogP contribution in [0.1, 0.15) is 30.4 Å². The second kappa shape index (κ2) is 3.53. The molecule has 15 heavy (non-hydrogen) atoms. The molecule has 0 heterocycles. The van der Waals surface area contributed by atoms with Crippen LogP contribution >= 0.6 is 11.6 Å². The first-order valence-corrected chi connectivity index (χ1v) is 5.40. The Morgan fingerprint density at radius 3 is 2.67 bits per heavy atom. The average Bonchev–Trinajstić information content (AvgIpc) is 2.83. The van der Waals surface area contributed by atoms with Gasteiger partial charge in [-0.3, -0.25) is 4.79 Å². The molecule has 0 unspecified atom stereocenters. The topological polar surface area (TPSA) is 37.3 Å². The van der Waals surface area contributed by atoms with Crippen molar-refractivity contribution in [2.24, 2.45) is 0 Å². The molecule has 0 amide bonds. The Morgan fingerprint density at radius 1 is 1.53 bits per heavy atom. The van der Waals surface area contributed by atoms with Crippen molar-refractivity contribution in [2.45, 2.75) is 31.6 Å². The van der Waals surface area contributed by atoms with Crippen molar-refractivity contribution in [1.29, 1.82) is 0 Å². The summed E-state index contributed by atoms with van der Waals surface area (Å²) < 4.78 is 0. The maximum atomic E-state index is 10.8. The molecule has 1 aliphatic rings. The number of aliphatic carboxylic acids is 1. The number of carboxylic acid groups (broad SMARTS) is 1. The lowest BCUT2D eigenvalue weighted by Gasteiger charge is -2.16. The molecule has 1 fully saturated rings. The third-order valence-corrected chi connectivity index (χ3v) is 3.34. The smallest absolute Gasteiger partial charge is 0.304 e. The van der Waals surface area contributed by atoms with E-state index in [1.165, 1.54) is 0 Å². The molecule has 0 aromatic heterocycles. The Labute approximate surface area is 93.9 Å². The van der Waals surface area contributed by atoms with E-state index in [2.05, 4.69) is 0 Å². The summed E-state index contributed by atoms with van der Waals surface area (Å²) in [5.41, 5.74) is 2.14. The summed E-state index contributed by atoms with van der Waals surface area (Å²) in [6.45, 7) is 1.99.